The first-order valence-corrected chi connectivity index (χ1v) is 14.3. The van der Waals surface area contributed by atoms with E-state index in [-0.39, 0.29) is 0 Å². The first-order valence-electron chi connectivity index (χ1n) is 13.9. The van der Waals surface area contributed by atoms with Gasteiger partial charge in [-0.3, -0.25) is 0 Å². The lowest BCUT2D eigenvalue weighted by atomic mass is 9.86. The molecular formula is C37H27BO3S. The van der Waals surface area contributed by atoms with Crippen molar-refractivity contribution in [3.63, 3.8) is 0 Å². The predicted octanol–water partition coefficient (Wildman–Crippen LogP) is 10.3. The van der Waals surface area contributed by atoms with Gasteiger partial charge in [0.15, 0.2) is 0 Å². The van der Waals surface area contributed by atoms with Crippen LogP contribution in [0.2, 0.25) is 0 Å². The lowest BCUT2D eigenvalue weighted by Crippen LogP contribution is -2.03. The van der Waals surface area contributed by atoms with Crippen molar-refractivity contribution in [1.29, 1.82) is 0 Å². The van der Waals surface area contributed by atoms with Crippen LogP contribution in [0, 0.1) is 13.8 Å². The number of hydrogen-bond acceptors (Lipinski definition) is 4. The lowest BCUT2D eigenvalue weighted by Gasteiger charge is -2.11. The quantitative estimate of drug-likeness (QED) is 0.129. The summed E-state index contributed by atoms with van der Waals surface area (Å²) in [5, 5.41) is 3.92. The number of para-hydroxylation sites is 1. The third-order valence-electron chi connectivity index (χ3n) is 7.97. The molecule has 42 heavy (non-hydrogen) atoms. The zero-order valence-electron chi connectivity index (χ0n) is 23.6. The van der Waals surface area contributed by atoms with Gasteiger partial charge in [-0.05, 0) is 50.6 Å². The van der Waals surface area contributed by atoms with Crippen LogP contribution >= 0.6 is 12.6 Å². The summed E-state index contributed by atoms with van der Waals surface area (Å²) < 4.78 is 19.4. The summed E-state index contributed by atoms with van der Waals surface area (Å²) >= 11 is 4.79. The van der Waals surface area contributed by atoms with Gasteiger partial charge in [-0.1, -0.05) is 78.8 Å². The molecule has 0 atom stereocenters. The topological polar surface area (TPSA) is 39.4 Å². The van der Waals surface area contributed by atoms with Crippen LogP contribution in [-0.4, -0.2) is 7.85 Å². The van der Waals surface area contributed by atoms with Crippen molar-refractivity contribution in [2.75, 3.05) is 0 Å². The molecule has 0 N–H and O–H groups in total. The van der Waals surface area contributed by atoms with Crippen LogP contribution < -0.4 is 5.46 Å². The highest BCUT2D eigenvalue weighted by atomic mass is 32.1. The Kier molecular flexibility index (Phi) is 6.29. The molecule has 0 amide bonds. The summed E-state index contributed by atoms with van der Waals surface area (Å²) in [5.74, 6) is 1.63. The van der Waals surface area contributed by atoms with E-state index in [2.05, 4.69) is 30.8 Å². The van der Waals surface area contributed by atoms with Crippen LogP contribution in [-0.2, 0) is 0 Å². The molecule has 5 heteroatoms. The second-order valence-corrected chi connectivity index (χ2v) is 10.9. The van der Waals surface area contributed by atoms with Gasteiger partial charge in [-0.15, -0.1) is 12.6 Å². The average molecular weight is 562 g/mol. The maximum Gasteiger partial charge on any atom is 0.144 e. The zero-order valence-corrected chi connectivity index (χ0v) is 24.5. The summed E-state index contributed by atoms with van der Waals surface area (Å²) in [7, 11) is 6.51. The van der Waals surface area contributed by atoms with E-state index in [0.717, 1.165) is 93.7 Å². The van der Waals surface area contributed by atoms with Gasteiger partial charge in [-0.25, -0.2) is 0 Å². The van der Waals surface area contributed by atoms with Crippen molar-refractivity contribution >= 4 is 82.0 Å². The maximum absolute atomic E-state index is 6.59. The smallest absolute Gasteiger partial charge is 0.144 e. The Morgan fingerprint density at radius 3 is 2.02 bits per heavy atom. The SMILES string of the molecule is [B]c1ccc(-c2ccc(-c3ccc(S)c4c3oc3ccccc34)c3oc(C)c(/C=C\C=C)c23)c2oc(C)c(/C=C\C)c12. The van der Waals surface area contributed by atoms with Crippen LogP contribution in [0.4, 0.5) is 0 Å². The predicted molar refractivity (Wildman–Crippen MR) is 180 cm³/mol. The van der Waals surface area contributed by atoms with E-state index in [4.69, 9.17) is 33.7 Å². The molecule has 0 aliphatic rings. The number of thiol groups is 1. The molecule has 202 valence electrons. The summed E-state index contributed by atoms with van der Waals surface area (Å²) in [4.78, 5) is 0.867. The number of aryl methyl sites for hydroxylation is 2. The normalized spacial score (nSPS) is 12.3. The Balaban J connectivity index is 1.59. The van der Waals surface area contributed by atoms with Crippen LogP contribution in [0.15, 0.2) is 104 Å². The van der Waals surface area contributed by atoms with Gasteiger partial charge in [-0.2, -0.15) is 0 Å². The molecule has 0 saturated carbocycles. The van der Waals surface area contributed by atoms with Crippen molar-refractivity contribution in [3.05, 3.63) is 108 Å². The van der Waals surface area contributed by atoms with Crippen molar-refractivity contribution in [2.24, 2.45) is 0 Å². The number of fused-ring (bicyclic) bond motifs is 5. The first kappa shape index (κ1) is 26.3. The number of rotatable bonds is 5. The largest absolute Gasteiger partial charge is 0.460 e. The molecule has 3 aromatic heterocycles. The van der Waals surface area contributed by atoms with E-state index in [0.29, 0.717) is 5.46 Å². The van der Waals surface area contributed by atoms with E-state index >= 15 is 0 Å². The standard InChI is InChI=1S/C37H27BO3S/c1-5-7-11-23-21(4)39-35-26(27-17-19-31(42)34-28-12-8-9-13-30(28)41-37(27)34)15-14-24(32(23)35)25-16-18-29(38)33-22(10-6-2)20(3)40-36(25)33/h5-19,42H,1H2,2-4H3/b10-6-,11-7-. The van der Waals surface area contributed by atoms with E-state index in [9.17, 15) is 0 Å². The van der Waals surface area contributed by atoms with Crippen LogP contribution in [0.5, 0.6) is 0 Å². The van der Waals surface area contributed by atoms with Gasteiger partial charge < -0.3 is 13.3 Å². The van der Waals surface area contributed by atoms with E-state index < -0.39 is 0 Å². The highest BCUT2D eigenvalue weighted by Gasteiger charge is 2.24. The molecule has 0 aliphatic heterocycles. The summed E-state index contributed by atoms with van der Waals surface area (Å²) in [6.45, 7) is 9.84. The van der Waals surface area contributed by atoms with Crippen molar-refractivity contribution in [1.82, 2.24) is 0 Å². The van der Waals surface area contributed by atoms with Crippen molar-refractivity contribution < 1.29 is 13.3 Å². The minimum Gasteiger partial charge on any atom is -0.460 e. The summed E-state index contributed by atoms with van der Waals surface area (Å²) in [6.07, 6.45) is 9.79. The molecule has 0 fully saturated rings. The Morgan fingerprint density at radius 1 is 0.690 bits per heavy atom. The lowest BCUT2D eigenvalue weighted by molar-refractivity contribution is 0.578. The minimum absolute atomic E-state index is 0.681. The fourth-order valence-electron chi connectivity index (χ4n) is 6.11. The van der Waals surface area contributed by atoms with E-state index in [1.165, 1.54) is 0 Å². The highest BCUT2D eigenvalue weighted by molar-refractivity contribution is 7.80. The van der Waals surface area contributed by atoms with Gasteiger partial charge in [0.2, 0.25) is 0 Å². The Labute approximate surface area is 250 Å². The van der Waals surface area contributed by atoms with Gasteiger partial charge in [0.05, 0.1) is 0 Å². The second kappa shape index (κ2) is 10.0. The highest BCUT2D eigenvalue weighted by Crippen LogP contribution is 2.46. The first-order chi connectivity index (χ1) is 20.4. The number of hydrogen-bond donors (Lipinski definition) is 1. The molecule has 7 rings (SSSR count). The monoisotopic (exact) mass is 562 g/mol. The van der Waals surface area contributed by atoms with Crippen molar-refractivity contribution in [3.8, 4) is 22.3 Å². The zero-order chi connectivity index (χ0) is 29.1. The molecule has 0 aliphatic carbocycles. The van der Waals surface area contributed by atoms with E-state index in [1.54, 1.807) is 6.08 Å². The van der Waals surface area contributed by atoms with Gasteiger partial charge >= 0.3 is 0 Å². The fourth-order valence-corrected chi connectivity index (χ4v) is 6.41. The third kappa shape index (κ3) is 3.84. The fraction of sp³-hybridized carbons (Fsp3) is 0.0811. The average Bonchev–Trinajstić information content (AvgIpc) is 3.64. The second-order valence-electron chi connectivity index (χ2n) is 10.4. The molecule has 7 aromatic rings. The number of benzene rings is 4. The molecule has 0 bridgehead atoms. The molecule has 0 saturated heterocycles. The molecule has 0 spiro atoms. The molecule has 4 aromatic carbocycles. The van der Waals surface area contributed by atoms with Gasteiger partial charge in [0.1, 0.15) is 41.7 Å². The van der Waals surface area contributed by atoms with Crippen molar-refractivity contribution in [2.45, 2.75) is 25.7 Å². The van der Waals surface area contributed by atoms with Gasteiger partial charge in [0, 0.05) is 54.3 Å². The molecular weight excluding hydrogens is 535 g/mol. The van der Waals surface area contributed by atoms with Crippen LogP contribution in [0.3, 0.4) is 0 Å². The summed E-state index contributed by atoms with van der Waals surface area (Å²) in [5.41, 5.74) is 9.60. The molecule has 2 radical (unpaired) electrons. The molecule has 3 nitrogen and oxygen atoms in total. The molecule has 3 heterocycles. The Hall–Kier alpha value is -4.61. The van der Waals surface area contributed by atoms with Crippen LogP contribution in [0.1, 0.15) is 29.6 Å². The maximum atomic E-state index is 6.59. The number of furan rings is 3. The van der Waals surface area contributed by atoms with Gasteiger partial charge in [0.25, 0.3) is 0 Å². The Morgan fingerprint density at radius 2 is 1.29 bits per heavy atom. The van der Waals surface area contributed by atoms with Crippen LogP contribution in [0.25, 0.3) is 78.3 Å². The molecule has 0 unspecified atom stereocenters. The minimum atomic E-state index is 0.681. The van der Waals surface area contributed by atoms with E-state index in [1.807, 2.05) is 81.5 Å². The summed E-state index contributed by atoms with van der Waals surface area (Å²) in [6, 6.07) is 20.4. The Bertz CT molecular complexity index is 2270. The number of allylic oxidation sites excluding steroid dienone is 3. The third-order valence-corrected chi connectivity index (χ3v) is 8.34.